The summed E-state index contributed by atoms with van der Waals surface area (Å²) in [6.45, 7) is 1.83. The number of carbonyl (C=O) groups is 1. The highest BCUT2D eigenvalue weighted by molar-refractivity contribution is 7.99. The molecular formula is C11H20O3S. The lowest BCUT2D eigenvalue weighted by atomic mass is 10.2. The molecule has 4 heteroatoms. The average Bonchev–Trinajstić information content (AvgIpc) is 2.24. The molecule has 1 N–H and O–H groups in total. The number of aliphatic carboxylic acids is 1. The van der Waals surface area contributed by atoms with Gasteiger partial charge in [-0.2, -0.15) is 11.8 Å². The van der Waals surface area contributed by atoms with Crippen molar-refractivity contribution in [2.45, 2.75) is 43.8 Å². The first-order valence-electron chi connectivity index (χ1n) is 5.70. The fourth-order valence-electron chi connectivity index (χ4n) is 1.65. The normalized spacial score (nSPS) is 17.9. The van der Waals surface area contributed by atoms with Crippen LogP contribution < -0.4 is 0 Å². The summed E-state index contributed by atoms with van der Waals surface area (Å²) >= 11 is 2.03. The zero-order chi connectivity index (χ0) is 10.9. The molecule has 0 spiro atoms. The van der Waals surface area contributed by atoms with Crippen molar-refractivity contribution in [2.75, 3.05) is 19.0 Å². The molecule has 1 heterocycles. The minimum absolute atomic E-state index is 0.321. The summed E-state index contributed by atoms with van der Waals surface area (Å²) in [4.78, 5) is 10.3. The van der Waals surface area contributed by atoms with Crippen LogP contribution in [0.4, 0.5) is 0 Å². The van der Waals surface area contributed by atoms with Gasteiger partial charge in [-0.25, -0.2) is 0 Å². The monoisotopic (exact) mass is 232 g/mol. The molecule has 0 saturated carbocycles. The third-order valence-corrected chi connectivity index (χ3v) is 4.02. The lowest BCUT2D eigenvalue weighted by Crippen LogP contribution is -2.17. The second-order valence-corrected chi connectivity index (χ2v) is 5.30. The third kappa shape index (κ3) is 6.79. The number of carboxylic acids is 1. The number of carboxylic acid groups (broad SMARTS) is 1. The van der Waals surface area contributed by atoms with Crippen LogP contribution in [0.15, 0.2) is 0 Å². The fraction of sp³-hybridized carbons (Fsp3) is 0.909. The fourth-order valence-corrected chi connectivity index (χ4v) is 2.88. The third-order valence-electron chi connectivity index (χ3n) is 2.56. The SMILES string of the molecule is O=C(O)CCCCCSC1CCOCC1. The summed E-state index contributed by atoms with van der Waals surface area (Å²) < 4.78 is 5.29. The molecule has 0 radical (unpaired) electrons. The van der Waals surface area contributed by atoms with Crippen LogP contribution in [0.2, 0.25) is 0 Å². The second kappa shape index (κ2) is 7.99. The van der Waals surface area contributed by atoms with Crippen molar-refractivity contribution in [1.29, 1.82) is 0 Å². The van der Waals surface area contributed by atoms with Gasteiger partial charge in [0.25, 0.3) is 0 Å². The van der Waals surface area contributed by atoms with Crippen molar-refractivity contribution in [3.8, 4) is 0 Å². The van der Waals surface area contributed by atoms with E-state index in [2.05, 4.69) is 0 Å². The van der Waals surface area contributed by atoms with Crippen molar-refractivity contribution in [1.82, 2.24) is 0 Å². The number of rotatable bonds is 7. The molecule has 0 atom stereocenters. The van der Waals surface area contributed by atoms with E-state index in [1.165, 1.54) is 18.6 Å². The molecule has 15 heavy (non-hydrogen) atoms. The smallest absolute Gasteiger partial charge is 0.303 e. The maximum absolute atomic E-state index is 10.3. The van der Waals surface area contributed by atoms with Crippen LogP contribution in [0.25, 0.3) is 0 Å². The predicted octanol–water partition coefficient (Wildman–Crippen LogP) is 2.54. The Morgan fingerprint density at radius 2 is 2.00 bits per heavy atom. The lowest BCUT2D eigenvalue weighted by molar-refractivity contribution is -0.137. The Morgan fingerprint density at radius 1 is 1.27 bits per heavy atom. The first-order chi connectivity index (χ1) is 7.29. The Bertz CT molecular complexity index is 179. The quantitative estimate of drug-likeness (QED) is 0.685. The van der Waals surface area contributed by atoms with Crippen molar-refractivity contribution in [3.63, 3.8) is 0 Å². The van der Waals surface area contributed by atoms with Crippen LogP contribution >= 0.6 is 11.8 Å². The minimum atomic E-state index is -0.674. The second-order valence-electron chi connectivity index (χ2n) is 3.89. The van der Waals surface area contributed by atoms with Gasteiger partial charge in [0, 0.05) is 24.9 Å². The number of thioether (sulfide) groups is 1. The summed E-state index contributed by atoms with van der Waals surface area (Å²) in [5, 5.41) is 9.23. The van der Waals surface area contributed by atoms with Crippen molar-refractivity contribution in [3.05, 3.63) is 0 Å². The van der Waals surface area contributed by atoms with Crippen LogP contribution in [0.3, 0.4) is 0 Å². The molecule has 0 aromatic carbocycles. The molecule has 1 aliphatic heterocycles. The lowest BCUT2D eigenvalue weighted by Gasteiger charge is -2.21. The van der Waals surface area contributed by atoms with Crippen LogP contribution in [-0.4, -0.2) is 35.3 Å². The molecule has 1 saturated heterocycles. The Kier molecular flexibility index (Phi) is 6.85. The van der Waals surface area contributed by atoms with Gasteiger partial charge in [-0.15, -0.1) is 0 Å². The Labute approximate surface area is 95.6 Å². The van der Waals surface area contributed by atoms with Crippen LogP contribution in [0.5, 0.6) is 0 Å². The van der Waals surface area contributed by atoms with Gasteiger partial charge in [0.05, 0.1) is 0 Å². The van der Waals surface area contributed by atoms with Crippen molar-refractivity contribution < 1.29 is 14.6 Å². The van der Waals surface area contributed by atoms with E-state index in [1.54, 1.807) is 0 Å². The molecule has 1 rings (SSSR count). The van der Waals surface area contributed by atoms with Crippen molar-refractivity contribution >= 4 is 17.7 Å². The molecule has 88 valence electrons. The predicted molar refractivity (Wildman–Crippen MR) is 62.4 cm³/mol. The molecule has 3 nitrogen and oxygen atoms in total. The Balaban J connectivity index is 1.85. The van der Waals surface area contributed by atoms with Crippen LogP contribution in [0, 0.1) is 0 Å². The highest BCUT2D eigenvalue weighted by Gasteiger charge is 2.13. The first-order valence-corrected chi connectivity index (χ1v) is 6.75. The van der Waals surface area contributed by atoms with E-state index in [0.29, 0.717) is 6.42 Å². The molecule has 0 amide bonds. The van der Waals surface area contributed by atoms with Gasteiger partial charge in [0.2, 0.25) is 0 Å². The standard InChI is InChI=1S/C11H20O3S/c12-11(13)4-2-1-3-9-15-10-5-7-14-8-6-10/h10H,1-9H2,(H,12,13). The average molecular weight is 232 g/mol. The van der Waals surface area contributed by atoms with Gasteiger partial charge in [0.1, 0.15) is 0 Å². The summed E-state index contributed by atoms with van der Waals surface area (Å²) in [5.74, 6) is 0.497. The van der Waals surface area contributed by atoms with Crippen LogP contribution in [0.1, 0.15) is 38.5 Å². The number of hydrogen-bond acceptors (Lipinski definition) is 3. The molecular weight excluding hydrogens is 212 g/mol. The van der Waals surface area contributed by atoms with E-state index in [4.69, 9.17) is 9.84 Å². The van der Waals surface area contributed by atoms with E-state index in [1.807, 2.05) is 11.8 Å². The molecule has 1 fully saturated rings. The topological polar surface area (TPSA) is 46.5 Å². The van der Waals surface area contributed by atoms with Gasteiger partial charge in [-0.05, 0) is 31.4 Å². The maximum atomic E-state index is 10.3. The van der Waals surface area contributed by atoms with E-state index in [9.17, 15) is 4.79 Å². The van der Waals surface area contributed by atoms with E-state index < -0.39 is 5.97 Å². The van der Waals surface area contributed by atoms with Gasteiger partial charge in [-0.3, -0.25) is 4.79 Å². The zero-order valence-electron chi connectivity index (χ0n) is 9.11. The summed E-state index contributed by atoms with van der Waals surface area (Å²) in [6.07, 6.45) is 5.70. The molecule has 0 aromatic heterocycles. The number of ether oxygens (including phenoxy) is 1. The summed E-state index contributed by atoms with van der Waals surface area (Å²) in [6, 6.07) is 0. The molecule has 0 aromatic rings. The van der Waals surface area contributed by atoms with Crippen LogP contribution in [-0.2, 0) is 9.53 Å². The minimum Gasteiger partial charge on any atom is -0.481 e. The maximum Gasteiger partial charge on any atom is 0.303 e. The molecule has 0 unspecified atom stereocenters. The summed E-state index contributed by atoms with van der Waals surface area (Å²) in [7, 11) is 0. The van der Waals surface area contributed by atoms with Gasteiger partial charge >= 0.3 is 5.97 Å². The largest absolute Gasteiger partial charge is 0.481 e. The van der Waals surface area contributed by atoms with E-state index >= 15 is 0 Å². The zero-order valence-corrected chi connectivity index (χ0v) is 9.93. The van der Waals surface area contributed by atoms with Gasteiger partial charge < -0.3 is 9.84 Å². The summed E-state index contributed by atoms with van der Waals surface area (Å²) in [5.41, 5.74) is 0. The van der Waals surface area contributed by atoms with Gasteiger partial charge in [0.15, 0.2) is 0 Å². The number of unbranched alkanes of at least 4 members (excludes halogenated alkanes) is 2. The molecule has 0 aliphatic carbocycles. The highest BCUT2D eigenvalue weighted by atomic mass is 32.2. The molecule has 0 bridgehead atoms. The van der Waals surface area contributed by atoms with E-state index in [0.717, 1.165) is 37.7 Å². The Hall–Kier alpha value is -0.220. The number of hydrogen-bond donors (Lipinski definition) is 1. The van der Waals surface area contributed by atoms with Gasteiger partial charge in [-0.1, -0.05) is 6.42 Å². The Morgan fingerprint density at radius 3 is 2.67 bits per heavy atom. The highest BCUT2D eigenvalue weighted by Crippen LogP contribution is 2.23. The first kappa shape index (κ1) is 12.8. The van der Waals surface area contributed by atoms with E-state index in [-0.39, 0.29) is 0 Å². The molecule has 1 aliphatic rings. The van der Waals surface area contributed by atoms with Crippen molar-refractivity contribution in [2.24, 2.45) is 0 Å².